The molecule has 1 heterocycles. The summed E-state index contributed by atoms with van der Waals surface area (Å²) in [6, 6.07) is 8.35. The molecule has 25 heteroatoms. The maximum Gasteiger partial charge on any atom is 0.326 e. The minimum absolute atomic E-state index is 0.0224. The monoisotopic (exact) mass is 1170 g/mol. The Bertz CT molecular complexity index is 2860. The van der Waals surface area contributed by atoms with E-state index < -0.39 is 126 Å². The minimum atomic E-state index is -1.55. The third kappa shape index (κ3) is 22.6. The standard InChI is InChI=1S/C58H81N11O13S/c1-31(2)24-43(65-51(74)40(59)22-23-83-7)55(78)68-47(28-36-29-61-41-11-9-8-10-39(36)41)52(75)62-30-49(73)63-45(26-34-12-16-37(70)17-13-34)56(79)66-44(25-32(3)4)54(77)64-42(20-21-48(60)72)53(76)67-46(27-35-14-18-38(71)19-15-35)57(80)69-50(33(5)6)58(81)82/h8-19,29,31-33,40,42-47,50,61,70-71H,20-28,30,59H2,1-7H3,(H2,60,72)(H,62,75)(H,63,73)(H,64,77)(H,65,74)(H,66,79)(H,67,76)(H,68,78)(H,69,80)(H,81,82)/t40-,42-,43-,44-,45-,46-,47-,50-/m0/s1. The second-order valence-corrected chi connectivity index (χ2v) is 22.7. The van der Waals surface area contributed by atoms with Gasteiger partial charge in [-0.25, -0.2) is 4.79 Å². The van der Waals surface area contributed by atoms with E-state index in [-0.39, 0.29) is 61.9 Å². The summed E-state index contributed by atoms with van der Waals surface area (Å²) in [7, 11) is 0. The molecule has 452 valence electrons. The van der Waals surface area contributed by atoms with Crippen molar-refractivity contribution in [3.05, 3.63) is 95.7 Å². The summed E-state index contributed by atoms with van der Waals surface area (Å²) in [4.78, 5) is 139. The summed E-state index contributed by atoms with van der Waals surface area (Å²) >= 11 is 1.52. The van der Waals surface area contributed by atoms with Crippen LogP contribution < -0.4 is 54.0 Å². The molecule has 9 amide bonds. The second-order valence-electron chi connectivity index (χ2n) is 21.7. The number of nitrogens with one attached hydrogen (secondary N) is 9. The van der Waals surface area contributed by atoms with E-state index in [1.165, 1.54) is 60.3 Å². The molecule has 16 N–H and O–H groups in total. The van der Waals surface area contributed by atoms with Crippen molar-refractivity contribution in [3.63, 3.8) is 0 Å². The molecule has 0 spiro atoms. The molecule has 4 aromatic rings. The normalized spacial score (nSPS) is 14.2. The topological polar surface area (TPSA) is 395 Å². The fourth-order valence-corrected chi connectivity index (χ4v) is 9.38. The minimum Gasteiger partial charge on any atom is -0.508 e. The Morgan fingerprint density at radius 3 is 1.52 bits per heavy atom. The molecule has 0 bridgehead atoms. The van der Waals surface area contributed by atoms with Crippen LogP contribution in [0.3, 0.4) is 0 Å². The molecule has 4 rings (SSSR count). The van der Waals surface area contributed by atoms with E-state index in [1.54, 1.807) is 33.9 Å². The number of amides is 9. The van der Waals surface area contributed by atoms with Gasteiger partial charge in [0.05, 0.1) is 12.6 Å². The highest BCUT2D eigenvalue weighted by atomic mass is 32.2. The molecule has 24 nitrogen and oxygen atoms in total. The second kappa shape index (κ2) is 33.0. The number of hydrogen-bond acceptors (Lipinski definition) is 14. The van der Waals surface area contributed by atoms with Crippen molar-refractivity contribution in [1.29, 1.82) is 0 Å². The number of carbonyl (C=O) groups excluding carboxylic acids is 9. The van der Waals surface area contributed by atoms with Crippen molar-refractivity contribution in [1.82, 2.24) is 47.5 Å². The van der Waals surface area contributed by atoms with Gasteiger partial charge in [-0.1, -0.05) is 84.0 Å². The Morgan fingerprint density at radius 1 is 0.554 bits per heavy atom. The van der Waals surface area contributed by atoms with Crippen molar-refractivity contribution in [2.45, 2.75) is 141 Å². The Balaban J connectivity index is 1.59. The summed E-state index contributed by atoms with van der Waals surface area (Å²) in [6.07, 6.45) is 2.92. The number of aromatic hydroxyl groups is 2. The van der Waals surface area contributed by atoms with Crippen LogP contribution in [0.25, 0.3) is 10.9 Å². The lowest BCUT2D eigenvalue weighted by atomic mass is 9.99. The maximum atomic E-state index is 14.5. The number of carboxylic acids is 1. The molecule has 8 atom stereocenters. The number of thioether (sulfide) groups is 1. The summed E-state index contributed by atoms with van der Waals surface area (Å²) in [5.41, 5.74) is 14.0. The molecule has 0 aliphatic heterocycles. The van der Waals surface area contributed by atoms with Gasteiger partial charge in [-0.3, -0.25) is 43.2 Å². The molecular formula is C58H81N11O13S. The maximum absolute atomic E-state index is 14.5. The molecule has 1 aromatic heterocycles. The lowest BCUT2D eigenvalue weighted by Crippen LogP contribution is -2.60. The first-order chi connectivity index (χ1) is 39.2. The number of benzene rings is 3. The fourth-order valence-electron chi connectivity index (χ4n) is 8.89. The first kappa shape index (κ1) is 67.3. The zero-order chi connectivity index (χ0) is 61.5. The summed E-state index contributed by atoms with van der Waals surface area (Å²) in [6.45, 7) is 9.70. The van der Waals surface area contributed by atoms with Gasteiger partial charge in [-0.15, -0.1) is 0 Å². The number of nitrogens with two attached hydrogens (primary N) is 2. The number of carboxylic acid groups (broad SMARTS) is 1. The van der Waals surface area contributed by atoms with Crippen LogP contribution in [0.15, 0.2) is 79.0 Å². The average Bonchev–Trinajstić information content (AvgIpc) is 3.83. The van der Waals surface area contributed by atoms with Gasteiger partial charge in [0.25, 0.3) is 0 Å². The number of carbonyl (C=O) groups is 10. The highest BCUT2D eigenvalue weighted by Gasteiger charge is 2.35. The molecule has 0 unspecified atom stereocenters. The smallest absolute Gasteiger partial charge is 0.326 e. The van der Waals surface area contributed by atoms with Gasteiger partial charge in [0.15, 0.2) is 0 Å². The molecule has 3 aromatic carbocycles. The van der Waals surface area contributed by atoms with Gasteiger partial charge in [-0.05, 0) is 102 Å². The SMILES string of the molecule is CSCC[C@H](N)C(=O)N[C@@H](CC(C)C)C(=O)N[C@@H](Cc1c[nH]c2ccccc12)C(=O)NCC(=O)N[C@@H](Cc1ccc(O)cc1)C(=O)N[C@@H](CC(C)C)C(=O)N[C@@H](CCC(N)=O)C(=O)N[C@@H](Cc1ccc(O)cc1)C(=O)N[C@H](C(=O)O)C(C)C. The van der Waals surface area contributed by atoms with Crippen LogP contribution in [0.1, 0.15) is 90.3 Å². The molecule has 0 aliphatic rings. The van der Waals surface area contributed by atoms with Gasteiger partial charge >= 0.3 is 5.97 Å². The number of phenols is 2. The number of para-hydroxylation sites is 1. The average molecular weight is 1170 g/mol. The first-order valence-corrected chi connectivity index (χ1v) is 28.9. The number of fused-ring (bicyclic) bond motifs is 1. The number of primary amides is 1. The fraction of sp³-hybridized carbons (Fsp3) is 0.483. The van der Waals surface area contributed by atoms with E-state index in [2.05, 4.69) is 47.5 Å². The molecule has 83 heavy (non-hydrogen) atoms. The third-order valence-corrected chi connectivity index (χ3v) is 14.0. The number of H-pyrrole nitrogens is 1. The molecule has 0 fully saturated rings. The molecular weight excluding hydrogens is 1090 g/mol. The van der Waals surface area contributed by atoms with Gasteiger partial charge in [0.2, 0.25) is 53.2 Å². The largest absolute Gasteiger partial charge is 0.508 e. The van der Waals surface area contributed by atoms with Crippen LogP contribution in [0.2, 0.25) is 0 Å². The number of hydrogen-bond donors (Lipinski definition) is 14. The summed E-state index contributed by atoms with van der Waals surface area (Å²) < 4.78 is 0. The number of phenolic OH excluding ortho intramolecular Hbond substituents is 2. The van der Waals surface area contributed by atoms with Crippen LogP contribution in [0, 0.1) is 17.8 Å². The number of rotatable bonds is 34. The van der Waals surface area contributed by atoms with Crippen molar-refractivity contribution in [2.24, 2.45) is 29.2 Å². The molecule has 0 radical (unpaired) electrons. The van der Waals surface area contributed by atoms with E-state index in [1.807, 2.05) is 44.4 Å². The van der Waals surface area contributed by atoms with Crippen LogP contribution in [-0.4, -0.2) is 146 Å². The van der Waals surface area contributed by atoms with Gasteiger partial charge in [-0.2, -0.15) is 11.8 Å². The van der Waals surface area contributed by atoms with E-state index in [0.717, 1.165) is 10.9 Å². The number of aliphatic carboxylic acids is 1. The zero-order valence-electron chi connectivity index (χ0n) is 47.9. The Morgan fingerprint density at radius 2 is 1.01 bits per heavy atom. The van der Waals surface area contributed by atoms with Gasteiger partial charge < -0.3 is 74.3 Å². The van der Waals surface area contributed by atoms with E-state index >= 15 is 0 Å². The van der Waals surface area contributed by atoms with Crippen LogP contribution in [0.4, 0.5) is 0 Å². The Kier molecular flexibility index (Phi) is 26.8. The van der Waals surface area contributed by atoms with Crippen molar-refractivity contribution < 1.29 is 63.3 Å². The third-order valence-electron chi connectivity index (χ3n) is 13.4. The van der Waals surface area contributed by atoms with Crippen LogP contribution in [-0.2, 0) is 67.2 Å². The van der Waals surface area contributed by atoms with Crippen LogP contribution in [0.5, 0.6) is 11.5 Å². The first-order valence-electron chi connectivity index (χ1n) is 27.5. The van der Waals surface area contributed by atoms with E-state index in [9.17, 15) is 63.3 Å². The van der Waals surface area contributed by atoms with Crippen molar-refractivity contribution >= 4 is 81.8 Å². The predicted molar refractivity (Wildman–Crippen MR) is 313 cm³/mol. The number of aromatic amines is 1. The van der Waals surface area contributed by atoms with Crippen molar-refractivity contribution in [3.8, 4) is 11.5 Å². The van der Waals surface area contributed by atoms with Crippen LogP contribution >= 0.6 is 11.8 Å². The van der Waals surface area contributed by atoms with E-state index in [0.29, 0.717) is 28.9 Å². The quantitative estimate of drug-likeness (QED) is 0.0313. The zero-order valence-corrected chi connectivity index (χ0v) is 48.7. The summed E-state index contributed by atoms with van der Waals surface area (Å²) in [5, 5.41) is 51.5. The Labute approximate surface area is 487 Å². The summed E-state index contributed by atoms with van der Waals surface area (Å²) in [5.74, 6) is -9.05. The lowest BCUT2D eigenvalue weighted by Gasteiger charge is -2.28. The van der Waals surface area contributed by atoms with Crippen molar-refractivity contribution in [2.75, 3.05) is 18.6 Å². The van der Waals surface area contributed by atoms with E-state index in [4.69, 9.17) is 11.5 Å². The Hall–Kier alpha value is -8.19. The predicted octanol–water partition coefficient (Wildman–Crippen LogP) is 1.30. The van der Waals surface area contributed by atoms with Gasteiger partial charge in [0, 0.05) is 42.8 Å². The molecule has 0 saturated heterocycles. The number of aromatic nitrogens is 1. The van der Waals surface area contributed by atoms with Gasteiger partial charge in [0.1, 0.15) is 53.8 Å². The lowest BCUT2D eigenvalue weighted by molar-refractivity contribution is -0.143. The highest BCUT2D eigenvalue weighted by Crippen LogP contribution is 2.21. The molecule has 0 aliphatic carbocycles. The highest BCUT2D eigenvalue weighted by molar-refractivity contribution is 7.98. The molecule has 0 saturated carbocycles.